The van der Waals surface area contributed by atoms with Crippen molar-refractivity contribution in [3.8, 4) is 0 Å². The zero-order valence-corrected chi connectivity index (χ0v) is 38.4. The van der Waals surface area contributed by atoms with Gasteiger partial charge in [-0.3, -0.25) is 0 Å². The van der Waals surface area contributed by atoms with E-state index >= 15 is 0 Å². The van der Waals surface area contributed by atoms with Crippen molar-refractivity contribution in [1.82, 2.24) is 4.57 Å². The second kappa shape index (κ2) is 21.8. The summed E-state index contributed by atoms with van der Waals surface area (Å²) in [5.41, 5.74) is 3.30. The molecule has 258 valence electrons. The Balaban J connectivity index is 2.18. The number of hydrogen-bond donors (Lipinski definition) is 0. The number of unbranched alkanes of at least 4 members (excludes halogenated alkanes) is 11. The second-order valence-electron chi connectivity index (χ2n) is 14.8. The topological polar surface area (TPSA) is 4.93 Å². The average Bonchev–Trinajstić information content (AvgIpc) is 3.75. The van der Waals surface area contributed by atoms with E-state index in [1.54, 1.807) is 47.1 Å². The fourth-order valence-electron chi connectivity index (χ4n) is 8.01. The molecule has 0 saturated carbocycles. The summed E-state index contributed by atoms with van der Waals surface area (Å²) in [6, 6.07) is 5.67. The van der Waals surface area contributed by atoms with Crippen molar-refractivity contribution in [2.45, 2.75) is 197 Å². The number of aryl methyl sites for hydroxylation is 1. The molecule has 3 rings (SSSR count). The molecule has 0 bridgehead atoms. The Hall–Kier alpha value is 0.797. The van der Waals surface area contributed by atoms with Crippen LogP contribution >= 0.6 is 22.7 Å². The first kappa shape index (κ1) is 40.2. The van der Waals surface area contributed by atoms with Gasteiger partial charge in [-0.05, 0) is 0 Å². The number of fused-ring (bicyclic) bond motifs is 3. The summed E-state index contributed by atoms with van der Waals surface area (Å²) >= 11 is -0.263. The van der Waals surface area contributed by atoms with E-state index in [1.807, 2.05) is 5.79 Å². The van der Waals surface area contributed by atoms with E-state index in [2.05, 4.69) is 87.8 Å². The molecule has 3 heterocycles. The molecule has 0 spiro atoms. The van der Waals surface area contributed by atoms with Crippen LogP contribution in [0, 0.1) is 0 Å². The number of aromatic nitrogens is 1. The van der Waals surface area contributed by atoms with E-state index in [0.717, 1.165) is 0 Å². The maximum atomic E-state index is 2.89. The van der Waals surface area contributed by atoms with Crippen LogP contribution in [0.3, 0.4) is 0 Å². The molecule has 45 heavy (non-hydrogen) atoms. The summed E-state index contributed by atoms with van der Waals surface area (Å²) in [5.74, 6) is 0. The van der Waals surface area contributed by atoms with Crippen molar-refractivity contribution in [3.05, 3.63) is 12.1 Å². The van der Waals surface area contributed by atoms with Crippen LogP contribution < -0.4 is 5.79 Å². The van der Waals surface area contributed by atoms with Gasteiger partial charge in [0, 0.05) is 0 Å². The molecule has 0 saturated heterocycles. The van der Waals surface area contributed by atoms with E-state index in [1.165, 1.54) is 122 Å². The Kier molecular flexibility index (Phi) is 19.5. The molecule has 0 aliphatic heterocycles. The molecule has 0 aliphatic rings. The summed E-state index contributed by atoms with van der Waals surface area (Å²) in [7, 11) is 0. The molecule has 5 heteroatoms. The third-order valence-corrected chi connectivity index (χ3v) is 49.9. The minimum absolute atomic E-state index is 1.24. The van der Waals surface area contributed by atoms with E-state index in [-0.39, 0.29) is 0 Å². The zero-order chi connectivity index (χ0) is 32.5. The quantitative estimate of drug-likeness (QED) is 0.0531. The van der Waals surface area contributed by atoms with Crippen molar-refractivity contribution in [1.29, 1.82) is 0 Å². The first-order chi connectivity index (χ1) is 22.0. The summed E-state index contributed by atoms with van der Waals surface area (Å²) in [5, 5.41) is 0. The molecule has 0 atom stereocenters. The van der Waals surface area contributed by atoms with Crippen molar-refractivity contribution in [2.24, 2.45) is 0 Å². The first-order valence-corrected chi connectivity index (χ1v) is 36.7. The van der Waals surface area contributed by atoms with Gasteiger partial charge < -0.3 is 0 Å². The number of hydrogen-bond acceptors (Lipinski definition) is 2. The molecule has 0 N–H and O–H groups in total. The van der Waals surface area contributed by atoms with Crippen LogP contribution in [-0.4, -0.2) is 41.3 Å². The molecule has 0 radical (unpaired) electrons. The number of nitrogens with zero attached hydrogens (tertiary/aromatic N) is 1. The van der Waals surface area contributed by atoms with E-state index in [4.69, 9.17) is 0 Å². The summed E-state index contributed by atoms with van der Waals surface area (Å²) in [6.07, 6.45) is 25.3. The Labute approximate surface area is 296 Å². The Morgan fingerprint density at radius 1 is 0.422 bits per heavy atom. The third-order valence-electron chi connectivity index (χ3n) is 11.0. The van der Waals surface area contributed by atoms with Crippen molar-refractivity contribution in [2.75, 3.05) is 0 Å². The minimum atomic E-state index is -2.47. The van der Waals surface area contributed by atoms with Gasteiger partial charge in [-0.15, -0.1) is 0 Å². The van der Waals surface area contributed by atoms with Crippen molar-refractivity contribution < 1.29 is 0 Å². The molecule has 3 aromatic rings. The van der Waals surface area contributed by atoms with E-state index in [0.29, 0.717) is 0 Å². The fourth-order valence-corrected chi connectivity index (χ4v) is 48.7. The predicted octanol–water partition coefficient (Wildman–Crippen LogP) is 14.4. The molecular weight excluding hydrogens is 796 g/mol. The van der Waals surface area contributed by atoms with Crippen LogP contribution in [0.15, 0.2) is 12.1 Å². The van der Waals surface area contributed by atoms with E-state index < -0.39 is 36.8 Å². The molecular formula is C40H73NS2Sn2. The van der Waals surface area contributed by atoms with Crippen LogP contribution in [0.5, 0.6) is 0 Å². The maximum absolute atomic E-state index is 2.89. The van der Waals surface area contributed by atoms with Gasteiger partial charge in [-0.2, -0.15) is 0 Å². The van der Waals surface area contributed by atoms with Crippen LogP contribution in [0.4, 0.5) is 0 Å². The normalized spacial score (nSPS) is 12.8. The third kappa shape index (κ3) is 10.9. The van der Waals surface area contributed by atoms with Crippen molar-refractivity contribution >= 4 is 85.6 Å². The van der Waals surface area contributed by atoms with Gasteiger partial charge in [0.2, 0.25) is 0 Å². The Morgan fingerprint density at radius 3 is 1.07 bits per heavy atom. The fraction of sp³-hybridized carbons (Fsp3) is 0.800. The summed E-state index contributed by atoms with van der Waals surface area (Å²) in [4.78, 5) is 0. The van der Waals surface area contributed by atoms with Gasteiger partial charge >= 0.3 is 300 Å². The Bertz CT molecular complexity index is 1080. The van der Waals surface area contributed by atoms with Crippen LogP contribution in [0.2, 0.25) is 26.6 Å². The average molecular weight is 870 g/mol. The Morgan fingerprint density at radius 2 is 0.733 bits per heavy atom. The standard InChI is InChI=1S/C16H19NS2.6C4H9.2Sn/c1-2-3-4-5-6-7-10-17-13-8-11-18-15(13)16-14(17)9-12-19-16;6*1-3-4-2;;/h8-9H,2-7,10H2,1H3;6*1,3-4H2,2H3;;. The van der Waals surface area contributed by atoms with Gasteiger partial charge in [0.25, 0.3) is 0 Å². The first-order valence-electron chi connectivity index (χ1n) is 20.1. The summed E-state index contributed by atoms with van der Waals surface area (Å²) < 4.78 is 19.8. The van der Waals surface area contributed by atoms with Crippen molar-refractivity contribution in [3.63, 3.8) is 0 Å². The molecule has 3 aromatic heterocycles. The molecule has 0 fully saturated rings. The zero-order valence-electron chi connectivity index (χ0n) is 31.1. The van der Waals surface area contributed by atoms with E-state index in [9.17, 15) is 0 Å². The molecule has 0 amide bonds. The molecule has 0 unspecified atom stereocenters. The van der Waals surface area contributed by atoms with Gasteiger partial charge in [0.1, 0.15) is 0 Å². The number of thiophene rings is 2. The van der Waals surface area contributed by atoms with Crippen LogP contribution in [0.1, 0.15) is 164 Å². The number of rotatable bonds is 27. The van der Waals surface area contributed by atoms with Crippen LogP contribution in [-0.2, 0) is 6.54 Å². The molecule has 0 aromatic carbocycles. The second-order valence-corrected chi connectivity index (χ2v) is 45.2. The molecule has 1 nitrogen and oxygen atoms in total. The summed E-state index contributed by atoms with van der Waals surface area (Å²) in [6.45, 7) is 18.2. The van der Waals surface area contributed by atoms with Gasteiger partial charge in [-0.1, -0.05) is 0 Å². The monoisotopic (exact) mass is 871 g/mol. The molecule has 0 aliphatic carbocycles. The SMILES string of the molecule is CCCCCCCCn1c2c[c]([Sn]([CH2]CCC)([CH2]CCC)[CH2]CCC)sc2c2s[c]([Sn]([CH2]CCC)([CH2]CCC)[CH2]CCC)cc21. The van der Waals surface area contributed by atoms with Gasteiger partial charge in [0.15, 0.2) is 0 Å². The predicted molar refractivity (Wildman–Crippen MR) is 218 cm³/mol. The van der Waals surface area contributed by atoms with Crippen LogP contribution in [0.25, 0.3) is 20.4 Å². The van der Waals surface area contributed by atoms with Gasteiger partial charge in [0.05, 0.1) is 0 Å². The van der Waals surface area contributed by atoms with Gasteiger partial charge in [-0.25, -0.2) is 0 Å².